The van der Waals surface area contributed by atoms with Crippen molar-refractivity contribution in [2.24, 2.45) is 0 Å². The monoisotopic (exact) mass is 265 g/mol. The third kappa shape index (κ3) is 2.29. The largest absolute Gasteiger partial charge is 0.336 e. The maximum atomic E-state index is 13.7. The highest BCUT2D eigenvalue weighted by molar-refractivity contribution is 6.30. The molecule has 18 heavy (non-hydrogen) atoms. The molecule has 1 N–H and O–H groups in total. The molecule has 0 aliphatic rings. The van der Waals surface area contributed by atoms with Gasteiger partial charge in [-0.2, -0.15) is 0 Å². The average molecular weight is 266 g/mol. The van der Waals surface area contributed by atoms with E-state index in [0.29, 0.717) is 16.7 Å². The molecule has 3 nitrogen and oxygen atoms in total. The fourth-order valence-corrected chi connectivity index (χ4v) is 1.78. The van der Waals surface area contributed by atoms with Gasteiger partial charge in [-0.1, -0.05) is 23.7 Å². The van der Waals surface area contributed by atoms with E-state index in [-0.39, 0.29) is 5.82 Å². The Hall–Kier alpha value is -1.68. The van der Waals surface area contributed by atoms with Gasteiger partial charge >= 0.3 is 0 Å². The molecule has 0 saturated heterocycles. The van der Waals surface area contributed by atoms with Crippen LogP contribution in [-0.2, 0) is 0 Å². The fraction of sp³-hybridized carbons (Fsp3) is 0.231. The highest BCUT2D eigenvalue weighted by Gasteiger charge is 2.11. The summed E-state index contributed by atoms with van der Waals surface area (Å²) in [5.74, 6) is 0.203. The topological polar surface area (TPSA) is 37.8 Å². The number of aryl methyl sites for hydroxylation is 1. The summed E-state index contributed by atoms with van der Waals surface area (Å²) >= 11 is 5.88. The molecule has 0 fully saturated rings. The Morgan fingerprint density at radius 1 is 1.11 bits per heavy atom. The number of hydrogen-bond acceptors (Lipinski definition) is 3. The Kier molecular flexibility index (Phi) is 3.48. The molecule has 5 heteroatoms. The maximum Gasteiger partial charge on any atom is 0.156 e. The number of anilines is 2. The van der Waals surface area contributed by atoms with Gasteiger partial charge in [-0.05, 0) is 43.5 Å². The van der Waals surface area contributed by atoms with Crippen LogP contribution in [0.25, 0.3) is 0 Å². The van der Waals surface area contributed by atoms with Crippen LogP contribution in [0.1, 0.15) is 16.7 Å². The zero-order valence-corrected chi connectivity index (χ0v) is 11.1. The highest BCUT2D eigenvalue weighted by atomic mass is 35.5. The first-order valence-electron chi connectivity index (χ1n) is 5.52. The molecule has 0 atom stereocenters. The zero-order chi connectivity index (χ0) is 13.3. The van der Waals surface area contributed by atoms with Crippen LogP contribution < -0.4 is 5.32 Å². The van der Waals surface area contributed by atoms with Crippen LogP contribution in [0.4, 0.5) is 15.9 Å². The van der Waals surface area contributed by atoms with E-state index in [9.17, 15) is 4.39 Å². The van der Waals surface area contributed by atoms with Crippen molar-refractivity contribution in [3.05, 3.63) is 45.9 Å². The second kappa shape index (κ2) is 4.90. The summed E-state index contributed by atoms with van der Waals surface area (Å²) in [5, 5.41) is 11.1. The van der Waals surface area contributed by atoms with E-state index < -0.39 is 0 Å². The molecule has 0 aliphatic heterocycles. The lowest BCUT2D eigenvalue weighted by atomic mass is 10.1. The van der Waals surface area contributed by atoms with Crippen LogP contribution in [0.15, 0.2) is 18.2 Å². The molecule has 0 amide bonds. The Morgan fingerprint density at radius 3 is 2.50 bits per heavy atom. The molecule has 0 unspecified atom stereocenters. The molecule has 0 bridgehead atoms. The third-order valence-electron chi connectivity index (χ3n) is 2.93. The van der Waals surface area contributed by atoms with Gasteiger partial charge in [0.05, 0.1) is 5.69 Å². The second-order valence-corrected chi connectivity index (χ2v) is 4.50. The van der Waals surface area contributed by atoms with Crippen molar-refractivity contribution in [3.63, 3.8) is 0 Å². The lowest BCUT2D eigenvalue weighted by Gasteiger charge is -2.12. The van der Waals surface area contributed by atoms with E-state index >= 15 is 0 Å². The van der Waals surface area contributed by atoms with Crippen molar-refractivity contribution in [2.75, 3.05) is 5.32 Å². The second-order valence-electron chi connectivity index (χ2n) is 4.15. The van der Waals surface area contributed by atoms with Gasteiger partial charge in [0.25, 0.3) is 0 Å². The van der Waals surface area contributed by atoms with Gasteiger partial charge in [0, 0.05) is 0 Å². The Labute approximate surface area is 110 Å². The van der Waals surface area contributed by atoms with Gasteiger partial charge in [0.15, 0.2) is 11.0 Å². The SMILES string of the molecule is Cc1cccc(F)c1Nc1nnc(Cl)c(C)c1C. The predicted octanol–water partition coefficient (Wildman–Crippen LogP) is 3.94. The predicted molar refractivity (Wildman–Crippen MR) is 70.9 cm³/mol. The van der Waals surface area contributed by atoms with Crippen LogP contribution in [0, 0.1) is 26.6 Å². The molecular formula is C13H13ClFN3. The zero-order valence-electron chi connectivity index (χ0n) is 10.4. The van der Waals surface area contributed by atoms with E-state index in [2.05, 4.69) is 15.5 Å². The van der Waals surface area contributed by atoms with Gasteiger partial charge in [0.2, 0.25) is 0 Å². The molecular weight excluding hydrogens is 253 g/mol. The Bertz CT molecular complexity index is 579. The van der Waals surface area contributed by atoms with Crippen molar-refractivity contribution in [2.45, 2.75) is 20.8 Å². The molecule has 94 valence electrons. The first-order valence-corrected chi connectivity index (χ1v) is 5.90. The molecule has 2 aromatic rings. The van der Waals surface area contributed by atoms with Crippen molar-refractivity contribution in [3.8, 4) is 0 Å². The van der Waals surface area contributed by atoms with Crippen LogP contribution in [0.3, 0.4) is 0 Å². The Morgan fingerprint density at radius 2 is 1.83 bits per heavy atom. The first-order chi connectivity index (χ1) is 8.50. The lowest BCUT2D eigenvalue weighted by Crippen LogP contribution is -2.04. The van der Waals surface area contributed by atoms with Gasteiger partial charge < -0.3 is 5.32 Å². The van der Waals surface area contributed by atoms with E-state index in [0.717, 1.165) is 16.7 Å². The summed E-state index contributed by atoms with van der Waals surface area (Å²) in [6.07, 6.45) is 0. The molecule has 2 rings (SSSR count). The normalized spacial score (nSPS) is 10.5. The van der Waals surface area contributed by atoms with Gasteiger partial charge in [-0.25, -0.2) is 4.39 Å². The smallest absolute Gasteiger partial charge is 0.156 e. The van der Waals surface area contributed by atoms with E-state index in [1.807, 2.05) is 26.8 Å². The van der Waals surface area contributed by atoms with Gasteiger partial charge in [-0.3, -0.25) is 0 Å². The van der Waals surface area contributed by atoms with Crippen LogP contribution in [-0.4, -0.2) is 10.2 Å². The third-order valence-corrected chi connectivity index (χ3v) is 3.29. The number of rotatable bonds is 2. The number of benzene rings is 1. The van der Waals surface area contributed by atoms with E-state index in [4.69, 9.17) is 11.6 Å². The average Bonchev–Trinajstić information content (AvgIpc) is 2.34. The summed E-state index contributed by atoms with van der Waals surface area (Å²) in [5.41, 5.74) is 2.92. The number of halogens is 2. The molecule has 0 saturated carbocycles. The minimum absolute atomic E-state index is 0.316. The minimum atomic E-state index is -0.316. The van der Waals surface area contributed by atoms with Gasteiger partial charge in [0.1, 0.15) is 5.82 Å². The summed E-state index contributed by atoms with van der Waals surface area (Å²) in [6, 6.07) is 4.90. The molecule has 1 aromatic carbocycles. The molecule has 1 aromatic heterocycles. The van der Waals surface area contributed by atoms with Crippen LogP contribution in [0.2, 0.25) is 5.15 Å². The Balaban J connectivity index is 2.44. The number of para-hydroxylation sites is 1. The molecule has 0 radical (unpaired) electrons. The highest BCUT2D eigenvalue weighted by Crippen LogP contribution is 2.26. The summed E-state index contributed by atoms with van der Waals surface area (Å²) in [4.78, 5) is 0. The quantitative estimate of drug-likeness (QED) is 0.894. The van der Waals surface area contributed by atoms with Gasteiger partial charge in [-0.15, -0.1) is 10.2 Å². The van der Waals surface area contributed by atoms with Crippen LogP contribution >= 0.6 is 11.6 Å². The van der Waals surface area contributed by atoms with Crippen molar-refractivity contribution in [1.29, 1.82) is 0 Å². The minimum Gasteiger partial charge on any atom is -0.336 e. The molecule has 0 aliphatic carbocycles. The van der Waals surface area contributed by atoms with Crippen molar-refractivity contribution >= 4 is 23.1 Å². The van der Waals surface area contributed by atoms with E-state index in [1.165, 1.54) is 6.07 Å². The number of hydrogen-bond donors (Lipinski definition) is 1. The number of nitrogens with zero attached hydrogens (tertiary/aromatic N) is 2. The number of aromatic nitrogens is 2. The van der Waals surface area contributed by atoms with Crippen molar-refractivity contribution in [1.82, 2.24) is 10.2 Å². The summed E-state index contributed by atoms with van der Waals surface area (Å²) in [7, 11) is 0. The van der Waals surface area contributed by atoms with E-state index in [1.54, 1.807) is 6.07 Å². The molecule has 0 spiro atoms. The number of nitrogens with one attached hydrogen (secondary N) is 1. The standard InChI is InChI=1S/C13H13ClFN3/c1-7-5-4-6-10(15)11(7)16-13-9(3)8(2)12(14)17-18-13/h4-6H,1-3H3,(H,16,18). The summed E-state index contributed by atoms with van der Waals surface area (Å²) < 4.78 is 13.7. The molecule has 1 heterocycles. The first kappa shape index (κ1) is 12.8. The fourth-order valence-electron chi connectivity index (χ4n) is 1.60. The van der Waals surface area contributed by atoms with Crippen molar-refractivity contribution < 1.29 is 4.39 Å². The lowest BCUT2D eigenvalue weighted by molar-refractivity contribution is 0.630. The maximum absolute atomic E-state index is 13.7. The summed E-state index contributed by atoms with van der Waals surface area (Å²) in [6.45, 7) is 5.55. The van der Waals surface area contributed by atoms with Crippen LogP contribution in [0.5, 0.6) is 0 Å².